The highest BCUT2D eigenvalue weighted by Crippen LogP contribution is 2.46. The Morgan fingerprint density at radius 3 is 2.48 bits per heavy atom. The van der Waals surface area contributed by atoms with Crippen LogP contribution < -0.4 is 19.7 Å². The van der Waals surface area contributed by atoms with Gasteiger partial charge in [0.25, 0.3) is 0 Å². The summed E-state index contributed by atoms with van der Waals surface area (Å²) in [5.74, 6) is 0.916. The van der Waals surface area contributed by atoms with E-state index in [0.717, 1.165) is 21.7 Å². The summed E-state index contributed by atoms with van der Waals surface area (Å²) in [4.78, 5) is 28.7. The van der Waals surface area contributed by atoms with Crippen molar-refractivity contribution in [1.82, 2.24) is 0 Å². The van der Waals surface area contributed by atoms with E-state index in [1.54, 1.807) is 30.9 Å². The largest absolute Gasteiger partial charge is 0.493 e. The first-order chi connectivity index (χ1) is 16.0. The number of carbonyl (C=O) groups excluding carboxylic acids is 2. The molecule has 3 aromatic rings. The lowest BCUT2D eigenvalue weighted by Gasteiger charge is -2.22. The third-order valence-corrected chi connectivity index (χ3v) is 6.83. The summed E-state index contributed by atoms with van der Waals surface area (Å²) in [5.41, 5.74) is 3.53. The number of nitrogens with zero attached hydrogens (tertiary/aromatic N) is 1. The average Bonchev–Trinajstić information content (AvgIpc) is 2.96. The van der Waals surface area contributed by atoms with Crippen molar-refractivity contribution in [3.8, 4) is 11.5 Å². The van der Waals surface area contributed by atoms with Gasteiger partial charge in [-0.05, 0) is 48.9 Å². The first kappa shape index (κ1) is 22.7. The van der Waals surface area contributed by atoms with Crippen LogP contribution in [-0.4, -0.2) is 32.6 Å². The molecule has 1 aliphatic heterocycles. The summed E-state index contributed by atoms with van der Waals surface area (Å²) < 4.78 is 10.8. The van der Waals surface area contributed by atoms with Gasteiger partial charge < -0.3 is 19.7 Å². The number of rotatable bonds is 6. The van der Waals surface area contributed by atoms with Crippen LogP contribution >= 0.6 is 11.8 Å². The first-order valence-electron chi connectivity index (χ1n) is 10.6. The van der Waals surface area contributed by atoms with Gasteiger partial charge in [-0.25, -0.2) is 0 Å². The fraction of sp³-hybridized carbons (Fsp3) is 0.231. The van der Waals surface area contributed by atoms with Crippen molar-refractivity contribution in [2.45, 2.75) is 23.5 Å². The minimum Gasteiger partial charge on any atom is -0.493 e. The molecule has 2 amide bonds. The van der Waals surface area contributed by atoms with Crippen LogP contribution in [0.15, 0.2) is 71.6 Å². The van der Waals surface area contributed by atoms with Crippen LogP contribution in [0, 0.1) is 6.92 Å². The van der Waals surface area contributed by atoms with E-state index in [4.69, 9.17) is 9.47 Å². The van der Waals surface area contributed by atoms with Crippen LogP contribution in [0.1, 0.15) is 22.8 Å². The molecule has 0 aliphatic carbocycles. The molecule has 33 heavy (non-hydrogen) atoms. The molecular formula is C26H26N2O4S. The summed E-state index contributed by atoms with van der Waals surface area (Å²) in [6, 6.07) is 21.0. The third kappa shape index (κ3) is 5.14. The number of fused-ring (bicyclic) bond motifs is 1. The van der Waals surface area contributed by atoms with Gasteiger partial charge in [0.15, 0.2) is 11.5 Å². The summed E-state index contributed by atoms with van der Waals surface area (Å²) >= 11 is 1.61. The number of anilines is 2. The van der Waals surface area contributed by atoms with Crippen molar-refractivity contribution in [3.05, 3.63) is 77.9 Å². The molecule has 3 aromatic carbocycles. The molecule has 1 aliphatic rings. The SMILES string of the molecule is COc1ccc([C@@H]2CC(=O)N(CC(=O)Nc3ccc(C)cc3)c3ccccc3S2)cc1OC. The molecule has 1 heterocycles. The number of hydrogen-bond acceptors (Lipinski definition) is 5. The van der Waals surface area contributed by atoms with Crippen LogP contribution in [0.3, 0.4) is 0 Å². The zero-order valence-corrected chi connectivity index (χ0v) is 19.6. The molecule has 0 saturated carbocycles. The molecule has 4 rings (SSSR count). The standard InChI is InChI=1S/C26H26N2O4S/c1-17-8-11-19(12-9-17)27-25(29)16-28-20-6-4-5-7-23(20)33-24(15-26(28)30)18-10-13-21(31-2)22(14-18)32-3/h4-14,24H,15-16H2,1-3H3,(H,27,29)/t24-/m0/s1. The van der Waals surface area contributed by atoms with E-state index in [9.17, 15) is 9.59 Å². The highest BCUT2D eigenvalue weighted by Gasteiger charge is 2.30. The van der Waals surface area contributed by atoms with Gasteiger partial charge >= 0.3 is 0 Å². The van der Waals surface area contributed by atoms with E-state index < -0.39 is 0 Å². The van der Waals surface area contributed by atoms with E-state index >= 15 is 0 Å². The van der Waals surface area contributed by atoms with Gasteiger partial charge in [0, 0.05) is 22.3 Å². The Hall–Kier alpha value is -3.45. The predicted molar refractivity (Wildman–Crippen MR) is 131 cm³/mol. The van der Waals surface area contributed by atoms with Crippen molar-refractivity contribution in [3.63, 3.8) is 0 Å². The maximum absolute atomic E-state index is 13.3. The summed E-state index contributed by atoms with van der Waals surface area (Å²) in [6.07, 6.45) is 0.257. The molecule has 0 fully saturated rings. The van der Waals surface area contributed by atoms with Crippen molar-refractivity contribution in [2.75, 3.05) is 31.0 Å². The third-order valence-electron chi connectivity index (χ3n) is 5.50. The number of methoxy groups -OCH3 is 2. The van der Waals surface area contributed by atoms with Crippen molar-refractivity contribution in [2.24, 2.45) is 0 Å². The lowest BCUT2D eigenvalue weighted by Crippen LogP contribution is -2.38. The molecule has 6 nitrogen and oxygen atoms in total. The van der Waals surface area contributed by atoms with Gasteiger partial charge in [0.1, 0.15) is 6.54 Å². The van der Waals surface area contributed by atoms with Crippen molar-refractivity contribution >= 4 is 35.0 Å². The fourth-order valence-corrected chi connectivity index (χ4v) is 5.04. The summed E-state index contributed by atoms with van der Waals surface area (Å²) in [7, 11) is 3.19. The molecule has 0 radical (unpaired) electrons. The summed E-state index contributed by atoms with van der Waals surface area (Å²) in [5, 5.41) is 2.77. The van der Waals surface area contributed by atoms with Gasteiger partial charge in [-0.3, -0.25) is 9.59 Å². The van der Waals surface area contributed by atoms with Crippen LogP contribution in [-0.2, 0) is 9.59 Å². The number of amides is 2. The highest BCUT2D eigenvalue weighted by atomic mass is 32.2. The Kier molecular flexibility index (Phi) is 6.89. The van der Waals surface area contributed by atoms with E-state index in [2.05, 4.69) is 5.32 Å². The maximum Gasteiger partial charge on any atom is 0.244 e. The average molecular weight is 463 g/mol. The maximum atomic E-state index is 13.3. The second kappa shape index (κ2) is 10.0. The van der Waals surface area contributed by atoms with Gasteiger partial charge in [-0.2, -0.15) is 0 Å². The highest BCUT2D eigenvalue weighted by molar-refractivity contribution is 7.99. The number of para-hydroxylation sites is 1. The van der Waals surface area contributed by atoms with Crippen LogP contribution in [0.25, 0.3) is 0 Å². The number of carbonyl (C=O) groups is 2. The van der Waals surface area contributed by atoms with E-state index in [-0.39, 0.29) is 30.0 Å². The molecule has 0 aromatic heterocycles. The first-order valence-corrected chi connectivity index (χ1v) is 11.5. The van der Waals surface area contributed by atoms with Crippen LogP contribution in [0.5, 0.6) is 11.5 Å². The number of hydrogen-bond donors (Lipinski definition) is 1. The zero-order chi connectivity index (χ0) is 23.4. The van der Waals surface area contributed by atoms with E-state index in [1.165, 1.54) is 0 Å². The molecule has 0 unspecified atom stereocenters. The van der Waals surface area contributed by atoms with Gasteiger partial charge in [-0.15, -0.1) is 11.8 Å². The van der Waals surface area contributed by atoms with E-state index in [1.807, 2.05) is 73.7 Å². The van der Waals surface area contributed by atoms with E-state index in [0.29, 0.717) is 17.2 Å². The van der Waals surface area contributed by atoms with Gasteiger partial charge in [-0.1, -0.05) is 35.9 Å². The smallest absolute Gasteiger partial charge is 0.244 e. The number of ether oxygens (including phenoxy) is 2. The molecular weight excluding hydrogens is 436 g/mol. The monoisotopic (exact) mass is 462 g/mol. The lowest BCUT2D eigenvalue weighted by atomic mass is 10.1. The second-order valence-electron chi connectivity index (χ2n) is 7.79. The zero-order valence-electron chi connectivity index (χ0n) is 18.8. The Balaban J connectivity index is 1.59. The number of benzene rings is 3. The topological polar surface area (TPSA) is 67.9 Å². The number of nitrogens with one attached hydrogen (secondary N) is 1. The molecule has 1 atom stereocenters. The fourth-order valence-electron chi connectivity index (χ4n) is 3.77. The van der Waals surface area contributed by atoms with Crippen molar-refractivity contribution < 1.29 is 19.1 Å². The van der Waals surface area contributed by atoms with Gasteiger partial charge in [0.05, 0.1) is 19.9 Å². The Morgan fingerprint density at radius 1 is 1.03 bits per heavy atom. The lowest BCUT2D eigenvalue weighted by molar-refractivity contribution is -0.121. The number of thioether (sulfide) groups is 1. The Labute approximate surface area is 197 Å². The molecule has 1 N–H and O–H groups in total. The molecule has 0 bridgehead atoms. The Bertz CT molecular complexity index is 1160. The molecule has 0 spiro atoms. The second-order valence-corrected chi connectivity index (χ2v) is 9.03. The van der Waals surface area contributed by atoms with Crippen LogP contribution in [0.4, 0.5) is 11.4 Å². The normalized spacial score (nSPS) is 15.4. The predicted octanol–water partition coefficient (Wildman–Crippen LogP) is 5.22. The molecule has 0 saturated heterocycles. The van der Waals surface area contributed by atoms with Gasteiger partial charge in [0.2, 0.25) is 11.8 Å². The molecule has 170 valence electrons. The Morgan fingerprint density at radius 2 is 1.76 bits per heavy atom. The minimum atomic E-state index is -0.239. The van der Waals surface area contributed by atoms with Crippen molar-refractivity contribution in [1.29, 1.82) is 0 Å². The quantitative estimate of drug-likeness (QED) is 0.544. The van der Waals surface area contributed by atoms with Crippen LogP contribution in [0.2, 0.25) is 0 Å². The molecule has 7 heteroatoms. The minimum absolute atomic E-state index is 0.0526. The summed E-state index contributed by atoms with van der Waals surface area (Å²) in [6.45, 7) is 1.94. The number of aryl methyl sites for hydroxylation is 1.